The molecule has 0 saturated heterocycles. The van der Waals surface area contributed by atoms with Crippen molar-refractivity contribution in [1.29, 1.82) is 0 Å². The molecule has 1 N–H and O–H groups in total. The van der Waals surface area contributed by atoms with Crippen molar-refractivity contribution in [3.05, 3.63) is 53.6 Å². The lowest BCUT2D eigenvalue weighted by atomic mass is 10.1. The van der Waals surface area contributed by atoms with Gasteiger partial charge in [-0.05, 0) is 69.2 Å². The Kier molecular flexibility index (Phi) is 8.11. The van der Waals surface area contributed by atoms with E-state index in [1.165, 1.54) is 0 Å². The predicted molar refractivity (Wildman–Crippen MR) is 119 cm³/mol. The van der Waals surface area contributed by atoms with E-state index in [0.29, 0.717) is 11.4 Å². The van der Waals surface area contributed by atoms with Crippen LogP contribution in [0.4, 0.5) is 5.69 Å². The van der Waals surface area contributed by atoms with Crippen LogP contribution in [0.15, 0.2) is 42.5 Å². The van der Waals surface area contributed by atoms with Gasteiger partial charge in [-0.3, -0.25) is 9.10 Å². The minimum Gasteiger partial charge on any atom is -0.491 e. The van der Waals surface area contributed by atoms with Crippen LogP contribution in [0.3, 0.4) is 0 Å². The SMILES string of the molecule is Cc1cccc(OCCNC(=O)CN(c2ccc(OC(C)C)cc2)S(C)(=O)=O)c1C. The zero-order valence-corrected chi connectivity index (χ0v) is 19.0. The minimum absolute atomic E-state index is 0.0124. The van der Waals surface area contributed by atoms with E-state index in [1.54, 1.807) is 24.3 Å². The van der Waals surface area contributed by atoms with Crippen LogP contribution < -0.4 is 19.1 Å². The molecule has 0 aromatic heterocycles. The highest BCUT2D eigenvalue weighted by Gasteiger charge is 2.20. The van der Waals surface area contributed by atoms with Crippen molar-refractivity contribution < 1.29 is 22.7 Å². The van der Waals surface area contributed by atoms with Gasteiger partial charge in [0, 0.05) is 0 Å². The molecule has 1 amide bonds. The van der Waals surface area contributed by atoms with Crippen molar-refractivity contribution in [2.45, 2.75) is 33.8 Å². The zero-order valence-electron chi connectivity index (χ0n) is 18.1. The second-order valence-corrected chi connectivity index (χ2v) is 9.23. The van der Waals surface area contributed by atoms with Gasteiger partial charge in [0.25, 0.3) is 0 Å². The summed E-state index contributed by atoms with van der Waals surface area (Å²) in [4.78, 5) is 12.3. The maximum atomic E-state index is 12.3. The van der Waals surface area contributed by atoms with Crippen molar-refractivity contribution in [2.24, 2.45) is 0 Å². The van der Waals surface area contributed by atoms with Crippen LogP contribution in [-0.2, 0) is 14.8 Å². The number of nitrogens with zero attached hydrogens (tertiary/aromatic N) is 1. The summed E-state index contributed by atoms with van der Waals surface area (Å²) in [7, 11) is -3.63. The van der Waals surface area contributed by atoms with Gasteiger partial charge in [0.1, 0.15) is 24.7 Å². The van der Waals surface area contributed by atoms with E-state index in [-0.39, 0.29) is 25.8 Å². The normalized spacial score (nSPS) is 11.3. The fourth-order valence-corrected chi connectivity index (χ4v) is 3.64. The number of rotatable bonds is 10. The van der Waals surface area contributed by atoms with Crippen molar-refractivity contribution in [1.82, 2.24) is 5.32 Å². The van der Waals surface area contributed by atoms with Gasteiger partial charge >= 0.3 is 0 Å². The topological polar surface area (TPSA) is 84.9 Å². The number of aryl methyl sites for hydroxylation is 1. The first-order chi connectivity index (χ1) is 14.1. The number of carbonyl (C=O) groups excluding carboxylic acids is 1. The van der Waals surface area contributed by atoms with E-state index in [9.17, 15) is 13.2 Å². The Morgan fingerprint density at radius 3 is 2.37 bits per heavy atom. The Balaban J connectivity index is 1.93. The van der Waals surface area contributed by atoms with Crippen LogP contribution in [0, 0.1) is 13.8 Å². The summed E-state index contributed by atoms with van der Waals surface area (Å²) >= 11 is 0. The Morgan fingerprint density at radius 2 is 1.77 bits per heavy atom. The summed E-state index contributed by atoms with van der Waals surface area (Å²) in [5.74, 6) is 0.994. The minimum atomic E-state index is -3.63. The number of hydrogen-bond acceptors (Lipinski definition) is 5. The summed E-state index contributed by atoms with van der Waals surface area (Å²) in [6, 6.07) is 12.4. The molecule has 0 bridgehead atoms. The maximum absolute atomic E-state index is 12.3. The van der Waals surface area contributed by atoms with Crippen LogP contribution in [0.2, 0.25) is 0 Å². The lowest BCUT2D eigenvalue weighted by Gasteiger charge is -2.22. The van der Waals surface area contributed by atoms with Gasteiger partial charge in [0.2, 0.25) is 15.9 Å². The monoisotopic (exact) mass is 434 g/mol. The molecule has 0 aliphatic rings. The highest BCUT2D eigenvalue weighted by atomic mass is 32.2. The van der Waals surface area contributed by atoms with Gasteiger partial charge in [0.15, 0.2) is 0 Å². The molecule has 0 spiro atoms. The second-order valence-electron chi connectivity index (χ2n) is 7.33. The number of carbonyl (C=O) groups is 1. The average molecular weight is 435 g/mol. The third-order valence-electron chi connectivity index (χ3n) is 4.42. The van der Waals surface area contributed by atoms with Crippen molar-refractivity contribution in [3.63, 3.8) is 0 Å². The standard InChI is InChI=1S/C22H30N2O5S/c1-16(2)29-20-11-9-19(10-12-20)24(30(5,26)27)15-22(25)23-13-14-28-21-8-6-7-17(3)18(21)4/h6-12,16H,13-15H2,1-5H3,(H,23,25). The summed E-state index contributed by atoms with van der Waals surface area (Å²) in [5, 5.41) is 2.70. The van der Waals surface area contributed by atoms with Crippen LogP contribution >= 0.6 is 0 Å². The number of benzene rings is 2. The fourth-order valence-electron chi connectivity index (χ4n) is 2.78. The van der Waals surface area contributed by atoms with E-state index in [2.05, 4.69) is 5.32 Å². The molecule has 0 heterocycles. The van der Waals surface area contributed by atoms with Crippen LogP contribution in [-0.4, -0.2) is 46.4 Å². The number of ether oxygens (including phenoxy) is 2. The molecule has 0 aliphatic heterocycles. The average Bonchev–Trinajstić information content (AvgIpc) is 2.66. The molecule has 30 heavy (non-hydrogen) atoms. The molecule has 2 aromatic carbocycles. The summed E-state index contributed by atoms with van der Waals surface area (Å²) in [5.41, 5.74) is 2.58. The van der Waals surface area contributed by atoms with E-state index in [0.717, 1.165) is 27.4 Å². The second kappa shape index (κ2) is 10.3. The lowest BCUT2D eigenvalue weighted by molar-refractivity contribution is -0.119. The maximum Gasteiger partial charge on any atom is 0.240 e. The molecule has 2 rings (SSSR count). The molecule has 8 heteroatoms. The van der Waals surface area contributed by atoms with Crippen molar-refractivity contribution in [2.75, 3.05) is 30.3 Å². The van der Waals surface area contributed by atoms with Crippen LogP contribution in [0.5, 0.6) is 11.5 Å². The third kappa shape index (κ3) is 6.95. The molecule has 0 atom stereocenters. The molecule has 2 aromatic rings. The zero-order chi connectivity index (χ0) is 22.3. The number of nitrogens with one attached hydrogen (secondary N) is 1. The Morgan fingerprint density at radius 1 is 1.10 bits per heavy atom. The van der Waals surface area contributed by atoms with Gasteiger partial charge in [-0.1, -0.05) is 12.1 Å². The van der Waals surface area contributed by atoms with E-state index in [4.69, 9.17) is 9.47 Å². The summed E-state index contributed by atoms with van der Waals surface area (Å²) in [6.07, 6.45) is 1.08. The van der Waals surface area contributed by atoms with Gasteiger partial charge < -0.3 is 14.8 Å². The van der Waals surface area contributed by atoms with Crippen molar-refractivity contribution in [3.8, 4) is 11.5 Å². The number of anilines is 1. The van der Waals surface area contributed by atoms with E-state index >= 15 is 0 Å². The number of amides is 1. The molecule has 0 fully saturated rings. The van der Waals surface area contributed by atoms with Gasteiger partial charge in [-0.15, -0.1) is 0 Å². The molecule has 0 unspecified atom stereocenters. The van der Waals surface area contributed by atoms with Crippen LogP contribution in [0.25, 0.3) is 0 Å². The molecule has 7 nitrogen and oxygen atoms in total. The van der Waals surface area contributed by atoms with Gasteiger partial charge in [-0.25, -0.2) is 8.42 Å². The predicted octanol–water partition coefficient (Wildman–Crippen LogP) is 3.05. The quantitative estimate of drug-likeness (QED) is 0.581. The molecular formula is C22H30N2O5S. The Bertz CT molecular complexity index is 956. The van der Waals surface area contributed by atoms with E-state index in [1.807, 2.05) is 45.9 Å². The summed E-state index contributed by atoms with van der Waals surface area (Å²) < 4.78 is 36.8. The highest BCUT2D eigenvalue weighted by molar-refractivity contribution is 7.92. The smallest absolute Gasteiger partial charge is 0.240 e. The third-order valence-corrected chi connectivity index (χ3v) is 5.56. The van der Waals surface area contributed by atoms with E-state index < -0.39 is 15.9 Å². The fraction of sp³-hybridized carbons (Fsp3) is 0.409. The largest absolute Gasteiger partial charge is 0.491 e. The summed E-state index contributed by atoms with van der Waals surface area (Å²) in [6.45, 7) is 8.04. The molecule has 0 aliphatic carbocycles. The van der Waals surface area contributed by atoms with Crippen LogP contribution in [0.1, 0.15) is 25.0 Å². The first-order valence-corrected chi connectivity index (χ1v) is 11.6. The molecule has 0 saturated carbocycles. The first kappa shape index (κ1) is 23.5. The molecule has 0 radical (unpaired) electrons. The number of sulfonamides is 1. The Hall–Kier alpha value is -2.74. The Labute approximate surface area is 179 Å². The number of hydrogen-bond donors (Lipinski definition) is 1. The van der Waals surface area contributed by atoms with Gasteiger partial charge in [0.05, 0.1) is 24.6 Å². The van der Waals surface area contributed by atoms with Crippen molar-refractivity contribution >= 4 is 21.6 Å². The first-order valence-electron chi connectivity index (χ1n) is 9.78. The highest BCUT2D eigenvalue weighted by Crippen LogP contribution is 2.22. The molecular weight excluding hydrogens is 404 g/mol. The molecule has 164 valence electrons. The van der Waals surface area contributed by atoms with Gasteiger partial charge in [-0.2, -0.15) is 0 Å². The lowest BCUT2D eigenvalue weighted by Crippen LogP contribution is -2.41.